The Bertz CT molecular complexity index is 501. The molecule has 0 heterocycles. The first-order chi connectivity index (χ1) is 9.79. The molecule has 7 heteroatoms. The molecule has 0 saturated carbocycles. The van der Waals surface area contributed by atoms with E-state index in [1.807, 2.05) is 13.8 Å². The van der Waals surface area contributed by atoms with Crippen LogP contribution in [0.3, 0.4) is 0 Å². The van der Waals surface area contributed by atoms with Crippen molar-refractivity contribution in [2.45, 2.75) is 26.4 Å². The Kier molecular flexibility index (Phi) is 6.95. The van der Waals surface area contributed by atoms with Crippen molar-refractivity contribution in [1.29, 1.82) is 0 Å². The van der Waals surface area contributed by atoms with E-state index in [4.69, 9.17) is 23.2 Å². The van der Waals surface area contributed by atoms with E-state index in [-0.39, 0.29) is 12.5 Å². The summed E-state index contributed by atoms with van der Waals surface area (Å²) in [4.78, 5) is 23.3. The molecule has 116 valence electrons. The van der Waals surface area contributed by atoms with Gasteiger partial charge in [0.1, 0.15) is 0 Å². The number of rotatable bonds is 5. The van der Waals surface area contributed by atoms with E-state index in [9.17, 15) is 14.7 Å². The SMILES string of the molecule is CC(C)C(O)CCNC(=O)C(=O)Nc1cc(Cl)cc(Cl)c1. The Morgan fingerprint density at radius 3 is 2.24 bits per heavy atom. The zero-order valence-corrected chi connectivity index (χ0v) is 13.3. The van der Waals surface area contributed by atoms with Gasteiger partial charge in [-0.25, -0.2) is 0 Å². The Labute approximate surface area is 133 Å². The van der Waals surface area contributed by atoms with E-state index >= 15 is 0 Å². The molecule has 1 atom stereocenters. The molecular weight excluding hydrogens is 315 g/mol. The lowest BCUT2D eigenvalue weighted by atomic mass is 10.0. The third-order valence-corrected chi connectivity index (χ3v) is 3.26. The third-order valence-electron chi connectivity index (χ3n) is 2.82. The fraction of sp³-hybridized carbons (Fsp3) is 0.429. The van der Waals surface area contributed by atoms with Crippen molar-refractivity contribution in [3.63, 3.8) is 0 Å². The van der Waals surface area contributed by atoms with E-state index in [1.165, 1.54) is 18.2 Å². The van der Waals surface area contributed by atoms with Crippen LogP contribution in [0.1, 0.15) is 20.3 Å². The predicted octanol–water partition coefficient (Wildman–Crippen LogP) is 2.46. The summed E-state index contributed by atoms with van der Waals surface area (Å²) in [6.45, 7) is 3.98. The summed E-state index contributed by atoms with van der Waals surface area (Å²) in [6, 6.07) is 4.49. The van der Waals surface area contributed by atoms with Crippen molar-refractivity contribution in [2.75, 3.05) is 11.9 Å². The zero-order chi connectivity index (χ0) is 16.0. The molecule has 1 aromatic carbocycles. The molecule has 0 bridgehead atoms. The van der Waals surface area contributed by atoms with Gasteiger partial charge in [-0.05, 0) is 30.5 Å². The number of hydrogen-bond acceptors (Lipinski definition) is 3. The van der Waals surface area contributed by atoms with Gasteiger partial charge in [-0.2, -0.15) is 0 Å². The highest BCUT2D eigenvalue weighted by Gasteiger charge is 2.15. The topological polar surface area (TPSA) is 78.4 Å². The number of hydrogen-bond donors (Lipinski definition) is 3. The van der Waals surface area contributed by atoms with Crippen molar-refractivity contribution in [3.05, 3.63) is 28.2 Å². The van der Waals surface area contributed by atoms with Crippen LogP contribution in [0.25, 0.3) is 0 Å². The van der Waals surface area contributed by atoms with Crippen LogP contribution in [0, 0.1) is 5.92 Å². The average molecular weight is 333 g/mol. The summed E-state index contributed by atoms with van der Waals surface area (Å²) in [5, 5.41) is 15.2. The monoisotopic (exact) mass is 332 g/mol. The number of halogens is 2. The van der Waals surface area contributed by atoms with E-state index < -0.39 is 17.9 Å². The maximum absolute atomic E-state index is 11.7. The second-order valence-corrected chi connectivity index (χ2v) is 5.84. The van der Waals surface area contributed by atoms with E-state index in [1.54, 1.807) is 0 Å². The molecule has 0 aromatic heterocycles. The summed E-state index contributed by atoms with van der Waals surface area (Å²) in [5.41, 5.74) is 0.342. The van der Waals surface area contributed by atoms with Crippen molar-refractivity contribution < 1.29 is 14.7 Å². The molecule has 0 spiro atoms. The lowest BCUT2D eigenvalue weighted by molar-refractivity contribution is -0.136. The van der Waals surface area contributed by atoms with Crippen molar-refractivity contribution in [1.82, 2.24) is 5.32 Å². The number of carbonyl (C=O) groups is 2. The van der Waals surface area contributed by atoms with Crippen LogP contribution in [-0.2, 0) is 9.59 Å². The normalized spacial score (nSPS) is 12.1. The highest BCUT2D eigenvalue weighted by atomic mass is 35.5. The molecule has 21 heavy (non-hydrogen) atoms. The van der Waals surface area contributed by atoms with Gasteiger partial charge in [0, 0.05) is 22.3 Å². The van der Waals surface area contributed by atoms with E-state index in [2.05, 4.69) is 10.6 Å². The molecule has 0 aliphatic heterocycles. The first-order valence-corrected chi connectivity index (χ1v) is 7.28. The Morgan fingerprint density at radius 2 is 1.71 bits per heavy atom. The lowest BCUT2D eigenvalue weighted by Gasteiger charge is -2.14. The van der Waals surface area contributed by atoms with Gasteiger partial charge >= 0.3 is 11.8 Å². The fourth-order valence-corrected chi connectivity index (χ4v) is 2.09. The number of benzene rings is 1. The van der Waals surface area contributed by atoms with Crippen LogP contribution in [0.4, 0.5) is 5.69 Å². The van der Waals surface area contributed by atoms with Gasteiger partial charge in [-0.3, -0.25) is 9.59 Å². The van der Waals surface area contributed by atoms with Crippen molar-refractivity contribution >= 4 is 40.7 Å². The van der Waals surface area contributed by atoms with Gasteiger partial charge in [0.05, 0.1) is 6.10 Å². The smallest absolute Gasteiger partial charge is 0.313 e. The van der Waals surface area contributed by atoms with Gasteiger partial charge in [0.25, 0.3) is 0 Å². The van der Waals surface area contributed by atoms with E-state index in [0.29, 0.717) is 22.2 Å². The minimum atomic E-state index is -0.813. The number of anilines is 1. The van der Waals surface area contributed by atoms with Crippen LogP contribution in [-0.4, -0.2) is 29.6 Å². The van der Waals surface area contributed by atoms with Gasteiger partial charge in [0.15, 0.2) is 0 Å². The molecule has 3 N–H and O–H groups in total. The maximum Gasteiger partial charge on any atom is 0.313 e. The predicted molar refractivity (Wildman–Crippen MR) is 83.6 cm³/mol. The highest BCUT2D eigenvalue weighted by Crippen LogP contribution is 2.22. The van der Waals surface area contributed by atoms with E-state index in [0.717, 1.165) is 0 Å². The van der Waals surface area contributed by atoms with Crippen molar-refractivity contribution in [3.8, 4) is 0 Å². The quantitative estimate of drug-likeness (QED) is 0.724. The molecule has 1 aromatic rings. The summed E-state index contributed by atoms with van der Waals surface area (Å²) in [7, 11) is 0. The molecule has 0 aliphatic carbocycles. The van der Waals surface area contributed by atoms with Gasteiger partial charge in [-0.15, -0.1) is 0 Å². The fourth-order valence-electron chi connectivity index (χ4n) is 1.56. The Morgan fingerprint density at radius 1 is 1.14 bits per heavy atom. The summed E-state index contributed by atoms with van der Waals surface area (Å²) >= 11 is 11.6. The van der Waals surface area contributed by atoms with Gasteiger partial charge < -0.3 is 15.7 Å². The molecule has 2 amide bonds. The van der Waals surface area contributed by atoms with Crippen molar-refractivity contribution in [2.24, 2.45) is 5.92 Å². The Hall–Kier alpha value is -1.30. The number of aliphatic hydroxyl groups is 1. The van der Waals surface area contributed by atoms with Crippen LogP contribution in [0.5, 0.6) is 0 Å². The molecule has 0 radical (unpaired) electrons. The first-order valence-electron chi connectivity index (χ1n) is 6.53. The molecule has 0 aliphatic rings. The molecule has 0 saturated heterocycles. The van der Waals surface area contributed by atoms with Gasteiger partial charge in [0.2, 0.25) is 0 Å². The first kappa shape index (κ1) is 17.8. The number of amides is 2. The van der Waals surface area contributed by atoms with Crippen LogP contribution < -0.4 is 10.6 Å². The molecule has 1 rings (SSSR count). The zero-order valence-electron chi connectivity index (χ0n) is 11.8. The van der Waals surface area contributed by atoms with Crippen LogP contribution in [0.15, 0.2) is 18.2 Å². The van der Waals surface area contributed by atoms with Crippen LogP contribution in [0.2, 0.25) is 10.0 Å². The lowest BCUT2D eigenvalue weighted by Crippen LogP contribution is -2.37. The second kappa shape index (κ2) is 8.22. The standard InChI is InChI=1S/C14H18Cl2N2O3/c1-8(2)12(19)3-4-17-13(20)14(21)18-11-6-9(15)5-10(16)7-11/h5-8,12,19H,3-4H2,1-2H3,(H,17,20)(H,18,21). The average Bonchev–Trinajstić information content (AvgIpc) is 2.36. The molecule has 1 unspecified atom stereocenters. The number of aliphatic hydroxyl groups excluding tert-OH is 1. The maximum atomic E-state index is 11.7. The molecular formula is C14H18Cl2N2O3. The Balaban J connectivity index is 2.46. The number of nitrogens with one attached hydrogen (secondary N) is 2. The summed E-state index contributed by atoms with van der Waals surface area (Å²) in [5.74, 6) is -1.49. The highest BCUT2D eigenvalue weighted by molar-refractivity contribution is 6.40. The van der Waals surface area contributed by atoms with Gasteiger partial charge in [-0.1, -0.05) is 37.0 Å². The molecule has 0 fully saturated rings. The largest absolute Gasteiger partial charge is 0.393 e. The summed E-state index contributed by atoms with van der Waals surface area (Å²) in [6.07, 6.45) is -0.125. The minimum absolute atomic E-state index is 0.101. The summed E-state index contributed by atoms with van der Waals surface area (Å²) < 4.78 is 0. The minimum Gasteiger partial charge on any atom is -0.393 e. The number of carbonyl (C=O) groups excluding carboxylic acids is 2. The second-order valence-electron chi connectivity index (χ2n) is 4.97. The van der Waals surface area contributed by atoms with Crippen LogP contribution >= 0.6 is 23.2 Å². The molecule has 5 nitrogen and oxygen atoms in total. The third kappa shape index (κ3) is 6.33.